The van der Waals surface area contributed by atoms with Crippen molar-refractivity contribution in [2.45, 2.75) is 25.8 Å². The van der Waals surface area contributed by atoms with Gasteiger partial charge in [-0.05, 0) is 23.6 Å². The molecule has 0 saturated heterocycles. The zero-order valence-corrected chi connectivity index (χ0v) is 17.8. The van der Waals surface area contributed by atoms with Gasteiger partial charge in [-0.1, -0.05) is 19.9 Å². The molecule has 0 spiro atoms. The normalized spacial score (nSPS) is 11.6. The highest BCUT2D eigenvalue weighted by Crippen LogP contribution is 2.26. The first kappa shape index (κ1) is 21.5. The Kier molecular flexibility index (Phi) is 8.98. The van der Waals surface area contributed by atoms with E-state index in [4.69, 9.17) is 4.42 Å². The maximum absolute atomic E-state index is 11.9. The maximum Gasteiger partial charge on any atom is 0.239 e. The quantitative estimate of drug-likeness (QED) is 0.326. The van der Waals surface area contributed by atoms with Gasteiger partial charge in [-0.15, -0.1) is 35.3 Å². The van der Waals surface area contributed by atoms with E-state index in [2.05, 4.69) is 52.3 Å². The third-order valence-corrected chi connectivity index (χ3v) is 4.80. The van der Waals surface area contributed by atoms with E-state index in [-0.39, 0.29) is 41.8 Å². The number of halogens is 1. The van der Waals surface area contributed by atoms with Gasteiger partial charge in [-0.3, -0.25) is 9.79 Å². The Morgan fingerprint density at radius 1 is 1.24 bits per heavy atom. The highest BCUT2D eigenvalue weighted by atomic mass is 127. The van der Waals surface area contributed by atoms with Crippen LogP contribution >= 0.6 is 35.3 Å². The van der Waals surface area contributed by atoms with Crippen LogP contribution in [-0.2, 0) is 16.8 Å². The fourth-order valence-electron chi connectivity index (χ4n) is 2.10. The van der Waals surface area contributed by atoms with Crippen molar-refractivity contribution in [1.29, 1.82) is 0 Å². The Bertz CT molecular complexity index is 654. The molecule has 0 aliphatic carbocycles. The van der Waals surface area contributed by atoms with Gasteiger partial charge in [0, 0.05) is 23.9 Å². The lowest BCUT2D eigenvalue weighted by Gasteiger charge is -2.25. The standard InChI is InChI=1S/C17H24N4O2S.HI/c1-17(2,14-7-5-9-24-14)12-21-16(18-3)20-11-15(22)19-10-13-6-4-8-23-13;/h4-9H,10-12H2,1-3H3,(H,19,22)(H2,18,20,21);1H. The third-order valence-electron chi connectivity index (χ3n) is 3.57. The molecule has 0 aliphatic rings. The molecule has 3 N–H and O–H groups in total. The van der Waals surface area contributed by atoms with Crippen molar-refractivity contribution in [1.82, 2.24) is 16.0 Å². The van der Waals surface area contributed by atoms with Crippen LogP contribution in [0.4, 0.5) is 0 Å². The summed E-state index contributed by atoms with van der Waals surface area (Å²) in [4.78, 5) is 17.3. The van der Waals surface area contributed by atoms with Gasteiger partial charge in [0.25, 0.3) is 0 Å². The number of hydrogen-bond acceptors (Lipinski definition) is 4. The Labute approximate surface area is 169 Å². The molecule has 2 aromatic rings. The van der Waals surface area contributed by atoms with Crippen molar-refractivity contribution in [3.05, 3.63) is 46.5 Å². The fraction of sp³-hybridized carbons (Fsp3) is 0.412. The SMILES string of the molecule is CN=C(NCC(=O)NCc1ccco1)NCC(C)(C)c1cccs1.I. The number of rotatable bonds is 7. The second-order valence-corrected chi connectivity index (χ2v) is 6.94. The average molecular weight is 476 g/mol. The molecular formula is C17H25IN4O2S. The summed E-state index contributed by atoms with van der Waals surface area (Å²) in [6.07, 6.45) is 1.58. The van der Waals surface area contributed by atoms with E-state index in [0.29, 0.717) is 12.5 Å². The molecule has 8 heteroatoms. The number of amides is 1. The molecule has 1 amide bonds. The molecule has 6 nitrogen and oxygen atoms in total. The van der Waals surface area contributed by atoms with Crippen LogP contribution in [0.3, 0.4) is 0 Å². The topological polar surface area (TPSA) is 78.7 Å². The predicted octanol–water partition coefficient (Wildman–Crippen LogP) is 2.72. The number of carbonyl (C=O) groups is 1. The van der Waals surface area contributed by atoms with Gasteiger partial charge < -0.3 is 20.4 Å². The zero-order chi connectivity index (χ0) is 17.4. The highest BCUT2D eigenvalue weighted by Gasteiger charge is 2.22. The smallest absolute Gasteiger partial charge is 0.239 e. The van der Waals surface area contributed by atoms with Gasteiger partial charge in [0.15, 0.2) is 5.96 Å². The minimum atomic E-state index is -0.119. The van der Waals surface area contributed by atoms with Crippen LogP contribution in [0.5, 0.6) is 0 Å². The molecule has 2 rings (SSSR count). The van der Waals surface area contributed by atoms with Crippen LogP contribution in [0.25, 0.3) is 0 Å². The molecule has 0 atom stereocenters. The molecule has 138 valence electrons. The number of hydrogen-bond donors (Lipinski definition) is 3. The van der Waals surface area contributed by atoms with E-state index in [1.54, 1.807) is 30.7 Å². The monoisotopic (exact) mass is 476 g/mol. The van der Waals surface area contributed by atoms with Gasteiger partial charge in [0.2, 0.25) is 5.91 Å². The van der Waals surface area contributed by atoms with Gasteiger partial charge in [0.05, 0.1) is 19.4 Å². The van der Waals surface area contributed by atoms with Crippen molar-refractivity contribution < 1.29 is 9.21 Å². The van der Waals surface area contributed by atoms with Crippen LogP contribution in [0.2, 0.25) is 0 Å². The van der Waals surface area contributed by atoms with Crippen LogP contribution < -0.4 is 16.0 Å². The summed E-state index contributed by atoms with van der Waals surface area (Å²) in [6.45, 7) is 5.61. The first-order valence-corrected chi connectivity index (χ1v) is 8.67. The molecule has 25 heavy (non-hydrogen) atoms. The molecule has 0 radical (unpaired) electrons. The van der Waals surface area contributed by atoms with E-state index in [0.717, 1.165) is 12.3 Å². The average Bonchev–Trinajstić information content (AvgIpc) is 3.26. The minimum Gasteiger partial charge on any atom is -0.467 e. The lowest BCUT2D eigenvalue weighted by Crippen LogP contribution is -2.46. The van der Waals surface area contributed by atoms with E-state index < -0.39 is 0 Å². The summed E-state index contributed by atoms with van der Waals surface area (Å²) >= 11 is 1.74. The third kappa shape index (κ3) is 7.07. The van der Waals surface area contributed by atoms with E-state index >= 15 is 0 Å². The molecular weight excluding hydrogens is 451 g/mol. The van der Waals surface area contributed by atoms with Gasteiger partial charge in [-0.25, -0.2) is 0 Å². The van der Waals surface area contributed by atoms with Crippen molar-refractivity contribution in [2.75, 3.05) is 20.1 Å². The minimum absolute atomic E-state index is 0. The van der Waals surface area contributed by atoms with Crippen LogP contribution in [-0.4, -0.2) is 32.0 Å². The number of furan rings is 1. The fourth-order valence-corrected chi connectivity index (χ4v) is 2.95. The summed E-state index contributed by atoms with van der Waals surface area (Å²) in [7, 11) is 1.69. The Morgan fingerprint density at radius 2 is 2.04 bits per heavy atom. The number of nitrogens with zero attached hydrogens (tertiary/aromatic N) is 1. The summed E-state index contributed by atoms with van der Waals surface area (Å²) in [5, 5.41) is 11.1. The molecule has 0 saturated carbocycles. The van der Waals surface area contributed by atoms with E-state index in [1.165, 1.54) is 4.88 Å². The van der Waals surface area contributed by atoms with Crippen molar-refractivity contribution in [2.24, 2.45) is 4.99 Å². The second-order valence-electron chi connectivity index (χ2n) is 6.00. The Morgan fingerprint density at radius 3 is 2.64 bits per heavy atom. The van der Waals surface area contributed by atoms with E-state index in [9.17, 15) is 4.79 Å². The molecule has 0 unspecified atom stereocenters. The zero-order valence-electron chi connectivity index (χ0n) is 14.7. The molecule has 0 bridgehead atoms. The first-order chi connectivity index (χ1) is 11.5. The molecule has 2 heterocycles. The highest BCUT2D eigenvalue weighted by molar-refractivity contribution is 14.0. The summed E-state index contributed by atoms with van der Waals surface area (Å²) < 4.78 is 5.17. The Hall–Kier alpha value is -1.55. The number of guanidine groups is 1. The van der Waals surface area contributed by atoms with Crippen LogP contribution in [0, 0.1) is 0 Å². The summed E-state index contributed by atoms with van der Waals surface area (Å²) in [5.74, 6) is 1.21. The first-order valence-electron chi connectivity index (χ1n) is 7.79. The van der Waals surface area contributed by atoms with Crippen LogP contribution in [0.1, 0.15) is 24.5 Å². The largest absolute Gasteiger partial charge is 0.467 e. The van der Waals surface area contributed by atoms with Crippen molar-refractivity contribution in [3.8, 4) is 0 Å². The van der Waals surface area contributed by atoms with Gasteiger partial charge in [-0.2, -0.15) is 0 Å². The maximum atomic E-state index is 11.9. The Balaban J connectivity index is 0.00000312. The summed E-state index contributed by atoms with van der Waals surface area (Å²) in [6, 6.07) is 7.80. The molecule has 0 aliphatic heterocycles. The van der Waals surface area contributed by atoms with Crippen molar-refractivity contribution in [3.63, 3.8) is 0 Å². The van der Waals surface area contributed by atoms with Crippen molar-refractivity contribution >= 4 is 47.2 Å². The van der Waals surface area contributed by atoms with Crippen LogP contribution in [0.15, 0.2) is 45.3 Å². The van der Waals surface area contributed by atoms with Gasteiger partial charge in [0.1, 0.15) is 5.76 Å². The number of nitrogens with one attached hydrogen (secondary N) is 3. The number of carbonyl (C=O) groups excluding carboxylic acids is 1. The molecule has 0 fully saturated rings. The predicted molar refractivity (Wildman–Crippen MR) is 113 cm³/mol. The second kappa shape index (κ2) is 10.4. The molecule has 0 aromatic carbocycles. The lowest BCUT2D eigenvalue weighted by atomic mass is 9.91. The summed E-state index contributed by atoms with van der Waals surface area (Å²) in [5.41, 5.74) is -0.00661. The van der Waals surface area contributed by atoms with E-state index in [1.807, 2.05) is 6.07 Å². The number of aliphatic imine (C=N–C) groups is 1. The number of thiophene rings is 1. The van der Waals surface area contributed by atoms with Gasteiger partial charge >= 0.3 is 0 Å². The lowest BCUT2D eigenvalue weighted by molar-refractivity contribution is -0.120. The molecule has 2 aromatic heterocycles.